The highest BCUT2D eigenvalue weighted by Crippen LogP contribution is 2.35. The van der Waals surface area contributed by atoms with E-state index in [1.807, 2.05) is 45.0 Å². The first-order chi connectivity index (χ1) is 10.4. The van der Waals surface area contributed by atoms with E-state index in [1.165, 1.54) is 4.31 Å². The fourth-order valence-electron chi connectivity index (χ4n) is 2.93. The van der Waals surface area contributed by atoms with Crippen molar-refractivity contribution in [2.75, 3.05) is 38.6 Å². The van der Waals surface area contributed by atoms with Gasteiger partial charge < -0.3 is 4.90 Å². The van der Waals surface area contributed by atoms with Crippen LogP contribution in [0.1, 0.15) is 38.3 Å². The van der Waals surface area contributed by atoms with Gasteiger partial charge in [0.25, 0.3) is 10.2 Å². The first-order valence-corrected chi connectivity index (χ1v) is 9.21. The molecule has 1 fully saturated rings. The van der Waals surface area contributed by atoms with Gasteiger partial charge >= 0.3 is 0 Å². The Morgan fingerprint density at radius 1 is 1.32 bits per heavy atom. The van der Waals surface area contributed by atoms with Crippen LogP contribution in [0.3, 0.4) is 0 Å². The highest BCUT2D eigenvalue weighted by molar-refractivity contribution is 7.86. The molecule has 1 aliphatic rings. The predicted octanol–water partition coefficient (Wildman–Crippen LogP) is 1.87. The molecule has 1 unspecified atom stereocenters. The second-order valence-electron chi connectivity index (χ2n) is 5.70. The second kappa shape index (κ2) is 6.93. The Bertz CT molecular complexity index is 599. The Labute approximate surface area is 133 Å². The van der Waals surface area contributed by atoms with Crippen LogP contribution in [-0.2, 0) is 10.2 Å². The Morgan fingerprint density at radius 2 is 2.00 bits per heavy atom. The number of pyridine rings is 1. The van der Waals surface area contributed by atoms with Crippen LogP contribution in [0, 0.1) is 0 Å². The van der Waals surface area contributed by atoms with Gasteiger partial charge in [0.2, 0.25) is 0 Å². The summed E-state index contributed by atoms with van der Waals surface area (Å²) in [6.45, 7) is 5.34. The third kappa shape index (κ3) is 3.26. The van der Waals surface area contributed by atoms with E-state index >= 15 is 0 Å². The van der Waals surface area contributed by atoms with Crippen LogP contribution in [0.2, 0.25) is 0 Å². The van der Waals surface area contributed by atoms with E-state index in [0.29, 0.717) is 19.6 Å². The highest BCUT2D eigenvalue weighted by Gasteiger charge is 2.37. The van der Waals surface area contributed by atoms with E-state index in [-0.39, 0.29) is 6.04 Å². The van der Waals surface area contributed by atoms with Gasteiger partial charge in [0.05, 0.1) is 6.04 Å². The standard InChI is InChI=1S/C15H26N4O2S/c1-5-18(6-2)22(20,21)19-11-7-8-14(19)13-9-10-16-15(12-13)17(3)4/h9-10,12,14H,5-8,11H2,1-4H3. The maximum atomic E-state index is 12.8. The molecule has 6 nitrogen and oxygen atoms in total. The molecule has 0 N–H and O–H groups in total. The first kappa shape index (κ1) is 17.2. The summed E-state index contributed by atoms with van der Waals surface area (Å²) in [4.78, 5) is 6.24. The van der Waals surface area contributed by atoms with Gasteiger partial charge in [-0.05, 0) is 30.5 Å². The second-order valence-corrected chi connectivity index (χ2v) is 7.58. The van der Waals surface area contributed by atoms with Crippen LogP contribution in [0.25, 0.3) is 0 Å². The van der Waals surface area contributed by atoms with Gasteiger partial charge in [0.1, 0.15) is 5.82 Å². The summed E-state index contributed by atoms with van der Waals surface area (Å²) in [5.74, 6) is 0.851. The molecule has 1 saturated heterocycles. The summed E-state index contributed by atoms with van der Waals surface area (Å²) in [5, 5.41) is 0. The van der Waals surface area contributed by atoms with Crippen molar-refractivity contribution in [2.45, 2.75) is 32.7 Å². The Hall–Kier alpha value is -1.18. The fraction of sp³-hybridized carbons (Fsp3) is 0.667. The molecule has 0 spiro atoms. The lowest BCUT2D eigenvalue weighted by Crippen LogP contribution is -2.43. The van der Waals surface area contributed by atoms with E-state index in [0.717, 1.165) is 24.2 Å². The van der Waals surface area contributed by atoms with Gasteiger partial charge in [-0.1, -0.05) is 13.8 Å². The third-order valence-corrected chi connectivity index (χ3v) is 6.34. The van der Waals surface area contributed by atoms with Crippen LogP contribution in [0.4, 0.5) is 5.82 Å². The zero-order valence-electron chi connectivity index (χ0n) is 13.9. The van der Waals surface area contributed by atoms with E-state index in [2.05, 4.69) is 4.98 Å². The molecule has 0 bridgehead atoms. The number of rotatable bonds is 6. The Balaban J connectivity index is 2.33. The minimum Gasteiger partial charge on any atom is -0.363 e. The lowest BCUT2D eigenvalue weighted by molar-refractivity contribution is 0.338. The molecule has 2 heterocycles. The van der Waals surface area contributed by atoms with Gasteiger partial charge in [-0.3, -0.25) is 0 Å². The largest absolute Gasteiger partial charge is 0.363 e. The zero-order valence-corrected chi connectivity index (χ0v) is 14.7. The number of anilines is 1. The Morgan fingerprint density at radius 3 is 2.59 bits per heavy atom. The monoisotopic (exact) mass is 326 g/mol. The summed E-state index contributed by atoms with van der Waals surface area (Å²) >= 11 is 0. The van der Waals surface area contributed by atoms with Gasteiger partial charge in [-0.25, -0.2) is 4.98 Å². The van der Waals surface area contributed by atoms with Crippen molar-refractivity contribution in [2.24, 2.45) is 0 Å². The smallest absolute Gasteiger partial charge is 0.282 e. The van der Waals surface area contributed by atoms with Crippen LogP contribution >= 0.6 is 0 Å². The number of hydrogen-bond donors (Lipinski definition) is 0. The topological polar surface area (TPSA) is 56.8 Å². The van der Waals surface area contributed by atoms with Gasteiger partial charge in [0, 0.05) is 39.9 Å². The van der Waals surface area contributed by atoms with Crippen LogP contribution in [0.5, 0.6) is 0 Å². The third-order valence-electron chi connectivity index (χ3n) is 4.14. The lowest BCUT2D eigenvalue weighted by atomic mass is 10.1. The summed E-state index contributed by atoms with van der Waals surface area (Å²) < 4.78 is 28.8. The quantitative estimate of drug-likeness (QED) is 0.801. The molecule has 124 valence electrons. The van der Waals surface area contributed by atoms with Crippen molar-refractivity contribution in [1.82, 2.24) is 13.6 Å². The average molecular weight is 326 g/mol. The molecule has 1 atom stereocenters. The predicted molar refractivity (Wildman–Crippen MR) is 89.1 cm³/mol. The molecule has 7 heteroatoms. The molecular formula is C15H26N4O2S. The average Bonchev–Trinajstić information content (AvgIpc) is 2.98. The maximum Gasteiger partial charge on any atom is 0.282 e. The Kier molecular flexibility index (Phi) is 5.41. The van der Waals surface area contributed by atoms with Crippen molar-refractivity contribution >= 4 is 16.0 Å². The van der Waals surface area contributed by atoms with E-state index in [4.69, 9.17) is 0 Å². The molecule has 1 aliphatic heterocycles. The summed E-state index contributed by atoms with van der Waals surface area (Å²) in [7, 11) is 0.473. The maximum absolute atomic E-state index is 12.8. The fourth-order valence-corrected chi connectivity index (χ4v) is 4.79. The van der Waals surface area contributed by atoms with Gasteiger partial charge in [-0.15, -0.1) is 0 Å². The molecular weight excluding hydrogens is 300 g/mol. The van der Waals surface area contributed by atoms with Crippen LogP contribution in [0.15, 0.2) is 18.3 Å². The molecule has 0 saturated carbocycles. The SMILES string of the molecule is CCN(CC)S(=O)(=O)N1CCCC1c1ccnc(N(C)C)c1. The first-order valence-electron chi connectivity index (χ1n) is 7.82. The normalized spacial score (nSPS) is 19.8. The number of aromatic nitrogens is 1. The van der Waals surface area contributed by atoms with E-state index < -0.39 is 10.2 Å². The molecule has 0 aromatic carbocycles. The van der Waals surface area contributed by atoms with Crippen molar-refractivity contribution < 1.29 is 8.42 Å². The molecule has 1 aromatic heterocycles. The lowest BCUT2D eigenvalue weighted by Gasteiger charge is -2.30. The molecule has 1 aromatic rings. The summed E-state index contributed by atoms with van der Waals surface area (Å²) in [5.41, 5.74) is 1.02. The minimum absolute atomic E-state index is 0.0905. The number of hydrogen-bond acceptors (Lipinski definition) is 4. The van der Waals surface area contributed by atoms with E-state index in [9.17, 15) is 8.42 Å². The molecule has 0 radical (unpaired) electrons. The van der Waals surface area contributed by atoms with Crippen molar-refractivity contribution in [3.05, 3.63) is 23.9 Å². The van der Waals surface area contributed by atoms with Crippen molar-refractivity contribution in [3.63, 3.8) is 0 Å². The van der Waals surface area contributed by atoms with Crippen LogP contribution < -0.4 is 4.90 Å². The van der Waals surface area contributed by atoms with Crippen molar-refractivity contribution in [3.8, 4) is 0 Å². The van der Waals surface area contributed by atoms with E-state index in [1.54, 1.807) is 10.5 Å². The molecule has 22 heavy (non-hydrogen) atoms. The summed E-state index contributed by atoms with van der Waals surface area (Å²) in [6.07, 6.45) is 3.51. The van der Waals surface area contributed by atoms with Crippen molar-refractivity contribution in [1.29, 1.82) is 0 Å². The van der Waals surface area contributed by atoms with Crippen LogP contribution in [-0.4, -0.2) is 55.7 Å². The van der Waals surface area contributed by atoms with Gasteiger partial charge in [0.15, 0.2) is 0 Å². The summed E-state index contributed by atoms with van der Waals surface area (Å²) in [6, 6.07) is 3.82. The molecule has 0 amide bonds. The number of nitrogens with zero attached hydrogens (tertiary/aromatic N) is 4. The van der Waals surface area contributed by atoms with Gasteiger partial charge in [-0.2, -0.15) is 17.0 Å². The highest BCUT2D eigenvalue weighted by atomic mass is 32.2. The zero-order chi connectivity index (χ0) is 16.3. The molecule has 2 rings (SSSR count). The molecule has 0 aliphatic carbocycles. The minimum atomic E-state index is -3.40.